The van der Waals surface area contributed by atoms with E-state index in [-0.39, 0.29) is 6.04 Å². The second-order valence-electron chi connectivity index (χ2n) is 6.99. The number of para-hydroxylation sites is 1. The first kappa shape index (κ1) is 18.9. The van der Waals surface area contributed by atoms with Crippen LogP contribution in [0.25, 0.3) is 10.2 Å². The molecule has 0 aliphatic carbocycles. The summed E-state index contributed by atoms with van der Waals surface area (Å²) in [7, 11) is 0. The van der Waals surface area contributed by atoms with Crippen molar-refractivity contribution < 1.29 is 14.6 Å². The quantitative estimate of drug-likeness (QED) is 0.665. The van der Waals surface area contributed by atoms with Gasteiger partial charge >= 0.3 is 6.09 Å². The van der Waals surface area contributed by atoms with E-state index in [0.29, 0.717) is 11.4 Å². The molecule has 7 heteroatoms. The van der Waals surface area contributed by atoms with Gasteiger partial charge in [-0.05, 0) is 30.5 Å². The first-order valence-corrected chi connectivity index (χ1v) is 10.2. The van der Waals surface area contributed by atoms with Gasteiger partial charge in [-0.25, -0.2) is 9.78 Å². The van der Waals surface area contributed by atoms with Gasteiger partial charge in [-0.2, -0.15) is 0 Å². The van der Waals surface area contributed by atoms with E-state index in [2.05, 4.69) is 9.88 Å². The van der Waals surface area contributed by atoms with Crippen LogP contribution in [-0.2, 0) is 11.2 Å². The number of rotatable bonds is 6. The van der Waals surface area contributed by atoms with Crippen LogP contribution in [0.4, 0.5) is 4.79 Å². The van der Waals surface area contributed by atoms with Crippen LogP contribution in [-0.4, -0.2) is 39.9 Å². The molecule has 3 aromatic rings. The Morgan fingerprint density at radius 2 is 2.00 bits per heavy atom. The Labute approximate surface area is 167 Å². The van der Waals surface area contributed by atoms with Gasteiger partial charge in [-0.15, -0.1) is 11.3 Å². The fourth-order valence-corrected chi connectivity index (χ4v) is 4.88. The van der Waals surface area contributed by atoms with E-state index in [1.807, 2.05) is 54.6 Å². The molecular formula is C21H23N3O3S. The zero-order valence-electron chi connectivity index (χ0n) is 15.4. The van der Waals surface area contributed by atoms with Crippen LogP contribution >= 0.6 is 11.3 Å². The molecule has 28 heavy (non-hydrogen) atoms. The molecule has 0 saturated carbocycles. The van der Waals surface area contributed by atoms with E-state index in [4.69, 9.17) is 10.5 Å². The summed E-state index contributed by atoms with van der Waals surface area (Å²) in [6.07, 6.45) is 0.185. The van der Waals surface area contributed by atoms with Gasteiger partial charge in [-0.1, -0.05) is 42.5 Å². The van der Waals surface area contributed by atoms with Gasteiger partial charge in [0.05, 0.1) is 10.2 Å². The molecule has 2 heterocycles. The molecule has 3 N–H and O–H groups in total. The second-order valence-corrected chi connectivity index (χ2v) is 8.06. The van der Waals surface area contributed by atoms with Crippen molar-refractivity contribution >= 4 is 27.6 Å². The number of benzene rings is 2. The van der Waals surface area contributed by atoms with Crippen LogP contribution in [0.2, 0.25) is 0 Å². The summed E-state index contributed by atoms with van der Waals surface area (Å²) in [5.74, 6) is 0. The van der Waals surface area contributed by atoms with E-state index in [0.717, 1.165) is 35.2 Å². The molecule has 0 radical (unpaired) electrons. The Bertz CT molecular complexity index is 913. The molecule has 2 aromatic carbocycles. The molecule has 1 amide bonds. The number of hydrogen-bond acceptors (Lipinski definition) is 6. The maximum absolute atomic E-state index is 11.5. The molecule has 146 valence electrons. The predicted molar refractivity (Wildman–Crippen MR) is 109 cm³/mol. The standard InChI is InChI=1S/C21H23N3O3S/c22-21(26)27-18(13-14-7-2-1-3-8-14)24-12-6-10-16(24)19(25)20-23-15-9-4-5-11-17(15)28-20/h1-5,7-9,11,16,18-19,25H,6,10,12-13H2,(H2,22,26)/t16-,18-,19+/m0/s1. The molecule has 1 fully saturated rings. The topological polar surface area (TPSA) is 88.7 Å². The summed E-state index contributed by atoms with van der Waals surface area (Å²) in [6.45, 7) is 0.734. The average molecular weight is 398 g/mol. The summed E-state index contributed by atoms with van der Waals surface area (Å²) in [6, 6.07) is 17.5. The lowest BCUT2D eigenvalue weighted by molar-refractivity contribution is -0.0476. The van der Waals surface area contributed by atoms with E-state index in [1.165, 1.54) is 11.3 Å². The lowest BCUT2D eigenvalue weighted by Crippen LogP contribution is -2.46. The summed E-state index contributed by atoms with van der Waals surface area (Å²) >= 11 is 1.50. The number of carbonyl (C=O) groups is 1. The van der Waals surface area contributed by atoms with Gasteiger partial charge < -0.3 is 15.6 Å². The largest absolute Gasteiger partial charge is 0.430 e. The number of aromatic nitrogens is 1. The van der Waals surface area contributed by atoms with Crippen molar-refractivity contribution in [2.45, 2.75) is 37.6 Å². The Morgan fingerprint density at radius 3 is 2.75 bits per heavy atom. The highest BCUT2D eigenvalue weighted by atomic mass is 32.1. The molecule has 3 atom stereocenters. The third-order valence-corrected chi connectivity index (χ3v) is 6.25. The smallest absolute Gasteiger partial charge is 0.406 e. The number of thiazole rings is 1. The second kappa shape index (κ2) is 8.26. The molecule has 1 aliphatic heterocycles. The lowest BCUT2D eigenvalue weighted by Gasteiger charge is -2.34. The minimum atomic E-state index is -0.805. The number of likely N-dealkylation sites (tertiary alicyclic amines) is 1. The van der Waals surface area contributed by atoms with Crippen molar-refractivity contribution in [3.8, 4) is 0 Å². The normalized spacial score (nSPS) is 19.5. The maximum Gasteiger partial charge on any atom is 0.406 e. The van der Waals surface area contributed by atoms with Crippen molar-refractivity contribution in [3.63, 3.8) is 0 Å². The summed E-state index contributed by atoms with van der Waals surface area (Å²) in [5, 5.41) is 11.8. The number of carbonyl (C=O) groups excluding carboxylic acids is 1. The fourth-order valence-electron chi connectivity index (χ4n) is 3.87. The van der Waals surface area contributed by atoms with Crippen molar-refractivity contribution in [1.82, 2.24) is 9.88 Å². The van der Waals surface area contributed by atoms with Crippen LogP contribution in [0.5, 0.6) is 0 Å². The first-order valence-electron chi connectivity index (χ1n) is 9.41. The summed E-state index contributed by atoms with van der Waals surface area (Å²) < 4.78 is 6.50. The van der Waals surface area contributed by atoms with Gasteiger partial charge in [0.25, 0.3) is 0 Å². The fraction of sp³-hybridized carbons (Fsp3) is 0.333. The SMILES string of the molecule is NC(=O)O[C@@H](Cc1ccccc1)N1CCC[C@H]1[C@@H](O)c1nc2ccccc2s1. The number of primary amides is 1. The van der Waals surface area contributed by atoms with E-state index in [1.54, 1.807) is 0 Å². The molecule has 6 nitrogen and oxygen atoms in total. The number of nitrogens with zero attached hydrogens (tertiary/aromatic N) is 2. The molecule has 4 rings (SSSR count). The maximum atomic E-state index is 11.5. The van der Waals surface area contributed by atoms with Gasteiger partial charge in [0.1, 0.15) is 11.1 Å². The van der Waals surface area contributed by atoms with Crippen LogP contribution < -0.4 is 5.73 Å². The van der Waals surface area contributed by atoms with Crippen LogP contribution in [0.15, 0.2) is 54.6 Å². The van der Waals surface area contributed by atoms with Gasteiger partial charge in [0.15, 0.2) is 6.23 Å². The molecule has 1 aliphatic rings. The van der Waals surface area contributed by atoms with Gasteiger partial charge in [0.2, 0.25) is 0 Å². The minimum absolute atomic E-state index is 0.173. The molecule has 1 aromatic heterocycles. The van der Waals surface area contributed by atoms with Crippen LogP contribution in [0.1, 0.15) is 29.5 Å². The molecule has 0 spiro atoms. The molecular weight excluding hydrogens is 374 g/mol. The average Bonchev–Trinajstić information content (AvgIpc) is 3.34. The predicted octanol–water partition coefficient (Wildman–Crippen LogP) is 3.46. The Kier molecular flexibility index (Phi) is 5.57. The number of fused-ring (bicyclic) bond motifs is 1. The molecule has 0 unspecified atom stereocenters. The number of aliphatic hydroxyl groups excluding tert-OH is 1. The highest BCUT2D eigenvalue weighted by Crippen LogP contribution is 2.35. The molecule has 0 bridgehead atoms. The number of ether oxygens (including phenoxy) is 1. The number of amides is 1. The highest BCUT2D eigenvalue weighted by Gasteiger charge is 2.38. The van der Waals surface area contributed by atoms with Crippen LogP contribution in [0, 0.1) is 0 Å². The Morgan fingerprint density at radius 1 is 1.25 bits per heavy atom. The van der Waals surface area contributed by atoms with Gasteiger partial charge in [-0.3, -0.25) is 4.90 Å². The number of nitrogens with two attached hydrogens (primary N) is 1. The van der Waals surface area contributed by atoms with Crippen molar-refractivity contribution in [2.75, 3.05) is 6.54 Å². The molecule has 1 saturated heterocycles. The Hall–Kier alpha value is -2.48. The Balaban J connectivity index is 1.57. The summed E-state index contributed by atoms with van der Waals surface area (Å²) in [5.41, 5.74) is 7.28. The van der Waals surface area contributed by atoms with E-state index in [9.17, 15) is 9.90 Å². The van der Waals surface area contributed by atoms with E-state index < -0.39 is 18.4 Å². The van der Waals surface area contributed by atoms with Crippen molar-refractivity contribution in [2.24, 2.45) is 5.73 Å². The zero-order valence-corrected chi connectivity index (χ0v) is 16.2. The lowest BCUT2D eigenvalue weighted by atomic mass is 10.1. The van der Waals surface area contributed by atoms with Crippen molar-refractivity contribution in [3.05, 3.63) is 65.2 Å². The number of aliphatic hydroxyl groups is 1. The van der Waals surface area contributed by atoms with Gasteiger partial charge in [0, 0.05) is 19.0 Å². The summed E-state index contributed by atoms with van der Waals surface area (Å²) in [4.78, 5) is 18.2. The van der Waals surface area contributed by atoms with Crippen LogP contribution in [0.3, 0.4) is 0 Å². The van der Waals surface area contributed by atoms with Crippen molar-refractivity contribution in [1.29, 1.82) is 0 Å². The number of hydrogen-bond donors (Lipinski definition) is 2. The minimum Gasteiger partial charge on any atom is -0.430 e. The third-order valence-electron chi connectivity index (χ3n) is 5.15. The van der Waals surface area contributed by atoms with E-state index >= 15 is 0 Å². The monoisotopic (exact) mass is 397 g/mol. The third kappa shape index (κ3) is 4.01. The zero-order chi connectivity index (χ0) is 19.5. The first-order chi connectivity index (χ1) is 13.6. The highest BCUT2D eigenvalue weighted by molar-refractivity contribution is 7.18.